The molecule has 1 aliphatic carbocycles. The number of rotatable bonds is 4. The third-order valence-electron chi connectivity index (χ3n) is 7.45. The standard InChI is InChI=1S/C39H29NO/c1-39(2)31-16-8-6-14-29(31)37-32(39)17-10-18-33(37)40(28-24-22-27(23-25-28)26-12-4-3-5-13-26)34-19-11-21-36-38(34)30-15-7-9-20-35(30)41-36/h3-25H,1-2H3/i1D3,2D3,6D,8D,10D,14D,16D,18D,19D,24D,25D. The van der Waals surface area contributed by atoms with E-state index in [1.165, 1.54) is 23.1 Å². The number of fused-ring (bicyclic) bond motifs is 6. The predicted octanol–water partition coefficient (Wildman–Crippen LogP) is 11.0. The van der Waals surface area contributed by atoms with Crippen molar-refractivity contribution < 1.29 is 25.0 Å². The molecule has 8 rings (SSSR count). The molecule has 2 nitrogen and oxygen atoms in total. The predicted molar refractivity (Wildman–Crippen MR) is 171 cm³/mol. The maximum Gasteiger partial charge on any atom is 0.137 e. The molecule has 0 amide bonds. The van der Waals surface area contributed by atoms with E-state index in [1.54, 1.807) is 54.6 Å². The first-order chi connectivity index (χ1) is 26.3. The lowest BCUT2D eigenvalue weighted by Gasteiger charge is -2.29. The number of benzene rings is 6. The first kappa shape index (κ1) is 13.1. The van der Waals surface area contributed by atoms with Crippen molar-refractivity contribution in [1.29, 1.82) is 0 Å². The molecule has 196 valence electrons. The summed E-state index contributed by atoms with van der Waals surface area (Å²) >= 11 is 0. The molecule has 0 N–H and O–H groups in total. The Morgan fingerprint density at radius 3 is 2.24 bits per heavy atom. The van der Waals surface area contributed by atoms with Crippen LogP contribution in [0.4, 0.5) is 17.1 Å². The van der Waals surface area contributed by atoms with Crippen molar-refractivity contribution in [2.45, 2.75) is 19.1 Å². The van der Waals surface area contributed by atoms with E-state index in [0.717, 1.165) is 6.07 Å². The van der Waals surface area contributed by atoms with Crippen molar-refractivity contribution in [3.63, 3.8) is 0 Å². The first-order valence-corrected chi connectivity index (χ1v) is 13.0. The molecule has 7 aromatic rings. The van der Waals surface area contributed by atoms with Gasteiger partial charge in [0, 0.05) is 30.3 Å². The van der Waals surface area contributed by atoms with Crippen molar-refractivity contribution in [3.05, 3.63) is 150 Å². The molecular weight excluding hydrogens is 498 g/mol. The summed E-state index contributed by atoms with van der Waals surface area (Å²) in [5, 5.41) is 0.774. The van der Waals surface area contributed by atoms with Gasteiger partial charge >= 0.3 is 0 Å². The monoisotopic (exact) mass is 542 g/mol. The summed E-state index contributed by atoms with van der Waals surface area (Å²) in [5.74, 6) is 0. The molecule has 1 aromatic heterocycles. The molecule has 0 saturated carbocycles. The molecule has 0 unspecified atom stereocenters. The molecule has 0 radical (unpaired) electrons. The Labute approximate surface area is 261 Å². The molecular formula is C39H29NO. The fourth-order valence-corrected chi connectivity index (χ4v) is 5.58. The number of hydrogen-bond donors (Lipinski definition) is 0. The second-order valence-corrected chi connectivity index (χ2v) is 9.80. The Morgan fingerprint density at radius 1 is 0.634 bits per heavy atom. The lowest BCUT2D eigenvalue weighted by Crippen LogP contribution is -2.16. The van der Waals surface area contributed by atoms with Gasteiger partial charge in [0.1, 0.15) is 11.2 Å². The van der Waals surface area contributed by atoms with Gasteiger partial charge in [0.2, 0.25) is 0 Å². The highest BCUT2D eigenvalue weighted by atomic mass is 16.3. The Hall–Kier alpha value is -5.08. The Bertz CT molecular complexity index is 2750. The van der Waals surface area contributed by atoms with Gasteiger partial charge in [-0.25, -0.2) is 0 Å². The van der Waals surface area contributed by atoms with Crippen LogP contribution in [0.25, 0.3) is 44.2 Å². The SMILES string of the molecule is [2H]c1cc2c(c(N(c3c([2H])cc(-c4ccccc4)cc3[2H])c3c([2H])ccc4oc5ccccc5c34)c1[2H])-c1c([2H])c([2H])c([2H])c([2H])c1C2(C([2H])([2H])[2H])C([2H])([2H])[2H]. The zero-order chi connectivity index (χ0) is 40.4. The van der Waals surface area contributed by atoms with Gasteiger partial charge in [-0.3, -0.25) is 0 Å². The average Bonchev–Trinajstić information content (AvgIpc) is 3.67. The zero-order valence-electron chi connectivity index (χ0n) is 36.4. The van der Waals surface area contributed by atoms with Crippen LogP contribution in [-0.2, 0) is 5.41 Å². The van der Waals surface area contributed by atoms with Gasteiger partial charge in [-0.05, 0) is 64.1 Å². The van der Waals surface area contributed by atoms with E-state index in [9.17, 15) is 5.48 Å². The minimum absolute atomic E-state index is 0.0640. The van der Waals surface area contributed by atoms with Crippen LogP contribution < -0.4 is 4.90 Å². The highest BCUT2D eigenvalue weighted by molar-refractivity contribution is 6.14. The van der Waals surface area contributed by atoms with E-state index in [2.05, 4.69) is 0 Å². The van der Waals surface area contributed by atoms with Crippen molar-refractivity contribution in [2.24, 2.45) is 0 Å². The van der Waals surface area contributed by atoms with E-state index < -0.39 is 83.3 Å². The van der Waals surface area contributed by atoms with E-state index >= 15 is 0 Å². The summed E-state index contributed by atoms with van der Waals surface area (Å²) in [6.07, 6.45) is 0. The minimum Gasteiger partial charge on any atom is -0.456 e. The van der Waals surface area contributed by atoms with Crippen molar-refractivity contribution in [1.82, 2.24) is 0 Å². The summed E-state index contributed by atoms with van der Waals surface area (Å²) in [6.45, 7) is -7.04. The number of anilines is 3. The van der Waals surface area contributed by atoms with Gasteiger partial charge in [-0.1, -0.05) is 117 Å². The molecule has 0 fully saturated rings. The highest BCUT2D eigenvalue weighted by Crippen LogP contribution is 2.55. The van der Waals surface area contributed by atoms with Crippen LogP contribution >= 0.6 is 0 Å². The Kier molecular flexibility index (Phi) is 2.86. The number of para-hydroxylation sites is 1. The van der Waals surface area contributed by atoms with E-state index in [-0.39, 0.29) is 40.5 Å². The summed E-state index contributed by atoms with van der Waals surface area (Å²) in [6, 6.07) is 17.1. The molecule has 6 aromatic carbocycles. The van der Waals surface area contributed by atoms with Crippen LogP contribution in [0.2, 0.25) is 0 Å². The quantitative estimate of drug-likeness (QED) is 0.220. The zero-order valence-corrected chi connectivity index (χ0v) is 21.4. The normalized spacial score (nSPS) is 19.2. The number of nitrogens with zero attached hydrogens (tertiary/aromatic N) is 1. The van der Waals surface area contributed by atoms with Gasteiger partial charge < -0.3 is 9.32 Å². The Morgan fingerprint density at radius 2 is 1.39 bits per heavy atom. The molecule has 1 aliphatic rings. The molecule has 0 saturated heterocycles. The molecule has 0 atom stereocenters. The third-order valence-corrected chi connectivity index (χ3v) is 7.45. The summed E-state index contributed by atoms with van der Waals surface area (Å²) < 4.78 is 141. The van der Waals surface area contributed by atoms with Crippen molar-refractivity contribution >= 4 is 39.0 Å². The molecule has 0 aliphatic heterocycles. The van der Waals surface area contributed by atoms with Crippen LogP contribution in [0, 0.1) is 0 Å². The molecule has 41 heavy (non-hydrogen) atoms. The third kappa shape index (κ3) is 3.57. The van der Waals surface area contributed by atoms with Crippen LogP contribution in [0.15, 0.2) is 144 Å². The molecule has 2 heteroatoms. The lowest BCUT2D eigenvalue weighted by molar-refractivity contribution is 0.660. The van der Waals surface area contributed by atoms with Crippen molar-refractivity contribution in [3.8, 4) is 22.3 Å². The van der Waals surface area contributed by atoms with E-state index in [4.69, 9.17) is 19.5 Å². The number of hydrogen-bond acceptors (Lipinski definition) is 2. The van der Waals surface area contributed by atoms with E-state index in [0.29, 0.717) is 22.1 Å². The van der Waals surface area contributed by atoms with E-state index in [1.807, 2.05) is 6.07 Å². The van der Waals surface area contributed by atoms with Crippen LogP contribution in [0.1, 0.15) is 45.4 Å². The van der Waals surface area contributed by atoms with Crippen molar-refractivity contribution in [2.75, 3.05) is 4.90 Å². The summed E-state index contributed by atoms with van der Waals surface area (Å²) in [5.41, 5.74) is -4.30. The maximum absolute atomic E-state index is 9.51. The molecule has 1 heterocycles. The van der Waals surface area contributed by atoms with Crippen LogP contribution in [0.5, 0.6) is 0 Å². The first-order valence-electron chi connectivity index (χ1n) is 20.5. The second kappa shape index (κ2) is 8.97. The maximum atomic E-state index is 9.51. The molecule has 0 spiro atoms. The largest absolute Gasteiger partial charge is 0.456 e. The Balaban J connectivity index is 1.63. The van der Waals surface area contributed by atoms with Gasteiger partial charge in [-0.15, -0.1) is 0 Å². The fourth-order valence-electron chi connectivity index (χ4n) is 5.58. The summed E-state index contributed by atoms with van der Waals surface area (Å²) in [7, 11) is 0. The van der Waals surface area contributed by atoms with Gasteiger partial charge in [-0.2, -0.15) is 0 Å². The average molecular weight is 543 g/mol. The van der Waals surface area contributed by atoms with Crippen LogP contribution in [0.3, 0.4) is 0 Å². The minimum atomic E-state index is -3.52. The second-order valence-electron chi connectivity index (χ2n) is 9.80. The van der Waals surface area contributed by atoms with Gasteiger partial charge in [0.25, 0.3) is 0 Å². The topological polar surface area (TPSA) is 16.4 Å². The smallest absolute Gasteiger partial charge is 0.137 e. The van der Waals surface area contributed by atoms with Crippen LogP contribution in [-0.4, -0.2) is 0 Å². The summed E-state index contributed by atoms with van der Waals surface area (Å²) in [4.78, 5) is 1.19. The van der Waals surface area contributed by atoms with Gasteiger partial charge in [0.05, 0.1) is 29.1 Å². The van der Waals surface area contributed by atoms with Gasteiger partial charge in [0.15, 0.2) is 0 Å². The fraction of sp³-hybridized carbons (Fsp3) is 0.0769. The lowest BCUT2D eigenvalue weighted by atomic mass is 9.82. The highest BCUT2D eigenvalue weighted by Gasteiger charge is 2.37. The molecule has 0 bridgehead atoms. The number of furan rings is 1.